The van der Waals surface area contributed by atoms with Gasteiger partial charge in [-0.05, 0) is 74.5 Å². The number of fused-ring (bicyclic) bond motifs is 1. The minimum absolute atomic E-state index is 0.0590. The van der Waals surface area contributed by atoms with Crippen LogP contribution in [0.2, 0.25) is 15.1 Å². The highest BCUT2D eigenvalue weighted by Crippen LogP contribution is 2.40. The largest absolute Gasteiger partial charge is 0.341 e. The molecule has 0 bridgehead atoms. The Hall–Kier alpha value is -3.33. The zero-order chi connectivity index (χ0) is 27.8. The van der Waals surface area contributed by atoms with Crippen LogP contribution in [-0.4, -0.2) is 42.9 Å². The Morgan fingerprint density at radius 2 is 1.63 bits per heavy atom. The average Bonchev–Trinajstić information content (AvgIpc) is 2.96. The fourth-order valence-corrected chi connectivity index (χ4v) is 4.52. The van der Waals surface area contributed by atoms with Crippen molar-refractivity contribution in [2.24, 2.45) is 0 Å². The summed E-state index contributed by atoms with van der Waals surface area (Å²) < 4.78 is 13.2. The van der Waals surface area contributed by atoms with Crippen molar-refractivity contribution in [1.82, 2.24) is 10.6 Å². The van der Waals surface area contributed by atoms with Crippen LogP contribution in [0.1, 0.15) is 24.2 Å². The fraction of sp³-hybridized carbons (Fsp3) is 0.222. The number of hydrogen-bond acceptors (Lipinski definition) is 4. The first-order valence-electron chi connectivity index (χ1n) is 11.6. The molecule has 1 aliphatic rings. The van der Waals surface area contributed by atoms with Crippen LogP contribution < -0.4 is 20.4 Å². The van der Waals surface area contributed by atoms with Crippen molar-refractivity contribution in [3.05, 3.63) is 87.1 Å². The second-order valence-corrected chi connectivity index (χ2v) is 10.6. The van der Waals surface area contributed by atoms with E-state index in [9.17, 15) is 18.8 Å². The number of hydrogen-bond donors (Lipinski definition) is 2. The second kappa shape index (κ2) is 10.8. The molecule has 198 valence electrons. The van der Waals surface area contributed by atoms with Crippen LogP contribution in [0, 0.1) is 5.82 Å². The van der Waals surface area contributed by atoms with E-state index >= 15 is 0 Å². The molecule has 0 radical (unpaired) electrons. The standard InChI is InChI=1S/C27H24Cl3FN4O3/c1-27(2,33-24(36)15-4-7-17(31)8-5-15)26(38)32-21-14-35(18-9-10-19(29)20(30)13-18)22-11-6-16(28)12-23(22)34(3)25(21)37/h4-13,21H,14H2,1-3H3,(H,32,38)(H,33,36)/t21-/m1/s1. The molecule has 0 aromatic heterocycles. The number of likely N-dealkylation sites (N-methyl/N-ethyl adjacent to an activating group) is 1. The number of halogens is 4. The molecule has 1 aliphatic heterocycles. The summed E-state index contributed by atoms with van der Waals surface area (Å²) in [4.78, 5) is 42.8. The molecule has 4 rings (SSSR count). The lowest BCUT2D eigenvalue weighted by Crippen LogP contribution is -2.60. The van der Waals surface area contributed by atoms with E-state index in [0.717, 1.165) is 12.1 Å². The van der Waals surface area contributed by atoms with Crippen molar-refractivity contribution < 1.29 is 18.8 Å². The van der Waals surface area contributed by atoms with Crippen LogP contribution in [-0.2, 0) is 9.59 Å². The Labute approximate surface area is 234 Å². The zero-order valence-electron chi connectivity index (χ0n) is 20.7. The van der Waals surface area contributed by atoms with Gasteiger partial charge in [-0.1, -0.05) is 34.8 Å². The predicted octanol–water partition coefficient (Wildman–Crippen LogP) is 5.59. The van der Waals surface area contributed by atoms with E-state index in [1.807, 2.05) is 4.90 Å². The summed E-state index contributed by atoms with van der Waals surface area (Å²) in [7, 11) is 1.59. The van der Waals surface area contributed by atoms with Gasteiger partial charge in [0.05, 0.1) is 28.0 Å². The summed E-state index contributed by atoms with van der Waals surface area (Å²) >= 11 is 18.6. The third-order valence-electron chi connectivity index (χ3n) is 6.20. The average molecular weight is 578 g/mol. The quantitative estimate of drug-likeness (QED) is 0.414. The third-order valence-corrected chi connectivity index (χ3v) is 7.18. The summed E-state index contributed by atoms with van der Waals surface area (Å²) in [6, 6.07) is 14.2. The topological polar surface area (TPSA) is 81.8 Å². The lowest BCUT2D eigenvalue weighted by Gasteiger charge is -2.30. The zero-order valence-corrected chi connectivity index (χ0v) is 23.0. The minimum Gasteiger partial charge on any atom is -0.341 e. The normalized spacial score (nSPS) is 15.6. The first kappa shape index (κ1) is 27.7. The molecule has 3 aromatic rings. The lowest BCUT2D eigenvalue weighted by atomic mass is 10.0. The molecule has 2 N–H and O–H groups in total. The van der Waals surface area contributed by atoms with E-state index in [1.165, 1.54) is 30.9 Å². The summed E-state index contributed by atoms with van der Waals surface area (Å²) in [6.45, 7) is 3.09. The Morgan fingerprint density at radius 1 is 0.947 bits per heavy atom. The number of benzene rings is 3. The van der Waals surface area contributed by atoms with E-state index in [1.54, 1.807) is 43.4 Å². The summed E-state index contributed by atoms with van der Waals surface area (Å²) in [6.07, 6.45) is 0. The van der Waals surface area contributed by atoms with Gasteiger partial charge in [0, 0.05) is 23.3 Å². The number of anilines is 3. The first-order chi connectivity index (χ1) is 17.9. The molecule has 3 aromatic carbocycles. The molecule has 7 nitrogen and oxygen atoms in total. The van der Waals surface area contributed by atoms with Gasteiger partial charge < -0.3 is 20.4 Å². The van der Waals surface area contributed by atoms with Crippen LogP contribution in [0.4, 0.5) is 21.5 Å². The maximum atomic E-state index is 13.5. The van der Waals surface area contributed by atoms with E-state index < -0.39 is 29.2 Å². The molecular weight excluding hydrogens is 554 g/mol. The van der Waals surface area contributed by atoms with E-state index in [0.29, 0.717) is 32.1 Å². The fourth-order valence-electron chi connectivity index (χ4n) is 4.06. The number of nitrogens with one attached hydrogen (secondary N) is 2. The van der Waals surface area contributed by atoms with E-state index in [-0.39, 0.29) is 18.0 Å². The summed E-state index contributed by atoms with van der Waals surface area (Å²) in [5.74, 6) is -2.01. The number of rotatable bonds is 5. The molecular formula is C27H24Cl3FN4O3. The van der Waals surface area contributed by atoms with Gasteiger partial charge in [-0.25, -0.2) is 4.39 Å². The van der Waals surface area contributed by atoms with E-state index in [2.05, 4.69) is 10.6 Å². The molecule has 0 fully saturated rings. The molecule has 11 heteroatoms. The molecule has 0 unspecified atom stereocenters. The molecule has 0 saturated heterocycles. The van der Waals surface area contributed by atoms with Gasteiger partial charge in [0.15, 0.2) is 0 Å². The number of nitrogens with zero attached hydrogens (tertiary/aromatic N) is 2. The molecule has 0 aliphatic carbocycles. The van der Waals surface area contributed by atoms with E-state index in [4.69, 9.17) is 34.8 Å². The van der Waals surface area contributed by atoms with Crippen molar-refractivity contribution in [2.75, 3.05) is 23.4 Å². The Bertz CT molecular complexity index is 1420. The molecule has 3 amide bonds. The van der Waals surface area contributed by atoms with Crippen molar-refractivity contribution in [3.8, 4) is 0 Å². The smallest absolute Gasteiger partial charge is 0.252 e. The monoisotopic (exact) mass is 576 g/mol. The maximum Gasteiger partial charge on any atom is 0.252 e. The summed E-state index contributed by atoms with van der Waals surface area (Å²) in [5.41, 5.74) is 0.643. The van der Waals surface area contributed by atoms with Gasteiger partial charge in [-0.15, -0.1) is 0 Å². The van der Waals surface area contributed by atoms with Crippen LogP contribution in [0.25, 0.3) is 0 Å². The maximum absolute atomic E-state index is 13.5. The van der Waals surface area contributed by atoms with Crippen molar-refractivity contribution in [1.29, 1.82) is 0 Å². The van der Waals surface area contributed by atoms with Gasteiger partial charge in [0.1, 0.15) is 17.4 Å². The molecule has 0 spiro atoms. The third kappa shape index (κ3) is 5.72. The number of carbonyl (C=O) groups is 3. The van der Waals surface area contributed by atoms with Crippen LogP contribution in [0.5, 0.6) is 0 Å². The number of carbonyl (C=O) groups excluding carboxylic acids is 3. The van der Waals surface area contributed by atoms with Gasteiger partial charge in [-0.3, -0.25) is 14.4 Å². The van der Waals surface area contributed by atoms with Crippen LogP contribution in [0.15, 0.2) is 60.7 Å². The van der Waals surface area contributed by atoms with Gasteiger partial charge in [0.2, 0.25) is 5.91 Å². The van der Waals surface area contributed by atoms with Gasteiger partial charge in [-0.2, -0.15) is 0 Å². The van der Waals surface area contributed by atoms with Crippen molar-refractivity contribution in [3.63, 3.8) is 0 Å². The summed E-state index contributed by atoms with van der Waals surface area (Å²) in [5, 5.41) is 6.56. The Kier molecular flexibility index (Phi) is 7.88. The SMILES string of the molecule is CN1C(=O)[C@H](NC(=O)C(C)(C)NC(=O)c2ccc(F)cc2)CN(c2ccc(Cl)c(Cl)c2)c2ccc(Cl)cc21. The molecule has 1 heterocycles. The second-order valence-electron chi connectivity index (χ2n) is 9.35. The van der Waals surface area contributed by atoms with Crippen LogP contribution in [0.3, 0.4) is 0 Å². The minimum atomic E-state index is -1.40. The van der Waals surface area contributed by atoms with Gasteiger partial charge in [0.25, 0.3) is 11.8 Å². The molecule has 0 saturated carbocycles. The lowest BCUT2D eigenvalue weighted by molar-refractivity contribution is -0.130. The first-order valence-corrected chi connectivity index (χ1v) is 12.7. The van der Waals surface area contributed by atoms with Crippen molar-refractivity contribution in [2.45, 2.75) is 25.4 Å². The van der Waals surface area contributed by atoms with Gasteiger partial charge >= 0.3 is 0 Å². The molecule has 1 atom stereocenters. The molecule has 38 heavy (non-hydrogen) atoms. The highest BCUT2D eigenvalue weighted by atomic mass is 35.5. The Morgan fingerprint density at radius 3 is 2.29 bits per heavy atom. The highest BCUT2D eigenvalue weighted by Gasteiger charge is 2.38. The number of amides is 3. The Balaban J connectivity index is 1.63. The highest BCUT2D eigenvalue weighted by molar-refractivity contribution is 6.42. The van der Waals surface area contributed by atoms with Crippen molar-refractivity contribution >= 4 is 69.6 Å². The predicted molar refractivity (Wildman–Crippen MR) is 148 cm³/mol. The van der Waals surface area contributed by atoms with Crippen LogP contribution >= 0.6 is 34.8 Å².